The van der Waals surface area contributed by atoms with Gasteiger partial charge in [0.25, 0.3) is 0 Å². The van der Waals surface area contributed by atoms with Crippen molar-refractivity contribution in [3.05, 3.63) is 16.6 Å². The van der Waals surface area contributed by atoms with Gasteiger partial charge >= 0.3 is 6.18 Å². The van der Waals surface area contributed by atoms with Crippen molar-refractivity contribution in [3.63, 3.8) is 0 Å². The van der Waals surface area contributed by atoms with Crippen LogP contribution < -0.4 is 5.32 Å². The zero-order valence-electron chi connectivity index (χ0n) is 8.14. The molecule has 84 valence electrons. The number of nitrogens with one attached hydrogen (secondary N) is 1. The molecule has 1 fully saturated rings. The molecule has 2 nitrogen and oxygen atoms in total. The first-order valence-corrected chi connectivity index (χ1v) is 5.56. The average molecular weight is 236 g/mol. The Labute approximate surface area is 89.5 Å². The topological polar surface area (TPSA) is 24.9 Å². The molecule has 1 aromatic heterocycles. The van der Waals surface area contributed by atoms with Crippen molar-refractivity contribution in [1.29, 1.82) is 0 Å². The average Bonchev–Trinajstić information content (AvgIpc) is 2.74. The van der Waals surface area contributed by atoms with E-state index in [4.69, 9.17) is 0 Å². The van der Waals surface area contributed by atoms with Crippen molar-refractivity contribution in [2.45, 2.75) is 37.5 Å². The second-order valence-electron chi connectivity index (χ2n) is 3.82. The molecule has 0 amide bonds. The highest BCUT2D eigenvalue weighted by Crippen LogP contribution is 2.50. The Bertz CT molecular complexity index is 330. The molecule has 0 radical (unpaired) electrons. The first-order valence-electron chi connectivity index (χ1n) is 4.68. The zero-order valence-corrected chi connectivity index (χ0v) is 8.95. The lowest BCUT2D eigenvalue weighted by atomic mass is 10.2. The Morgan fingerprint density at radius 2 is 2.20 bits per heavy atom. The number of rotatable bonds is 3. The zero-order chi connectivity index (χ0) is 11.1. The van der Waals surface area contributed by atoms with E-state index in [1.807, 2.05) is 0 Å². The summed E-state index contributed by atoms with van der Waals surface area (Å²) in [5, 5.41) is 5.10. The third-order valence-corrected chi connectivity index (χ3v) is 3.57. The van der Waals surface area contributed by atoms with Crippen LogP contribution in [0.1, 0.15) is 30.8 Å². The number of hydrogen-bond acceptors (Lipinski definition) is 3. The summed E-state index contributed by atoms with van der Waals surface area (Å²) in [5.74, 6) is 0. The van der Waals surface area contributed by atoms with Crippen LogP contribution in [0, 0.1) is 0 Å². The fraction of sp³-hybridized carbons (Fsp3) is 0.667. The fourth-order valence-electron chi connectivity index (χ4n) is 1.56. The van der Waals surface area contributed by atoms with Crippen molar-refractivity contribution in [3.8, 4) is 0 Å². The SMILES string of the molecule is CC(NC1(C(F)(F)F)CC1)c1nccs1. The van der Waals surface area contributed by atoms with Crippen molar-refractivity contribution < 1.29 is 13.2 Å². The van der Waals surface area contributed by atoms with Crippen LogP contribution in [0.4, 0.5) is 13.2 Å². The number of hydrogen-bond donors (Lipinski definition) is 1. The van der Waals surface area contributed by atoms with Gasteiger partial charge in [0.15, 0.2) is 0 Å². The van der Waals surface area contributed by atoms with Gasteiger partial charge in [-0.2, -0.15) is 13.2 Å². The second kappa shape index (κ2) is 3.45. The van der Waals surface area contributed by atoms with Crippen LogP contribution >= 0.6 is 11.3 Å². The third kappa shape index (κ3) is 2.01. The molecule has 1 unspecified atom stereocenters. The summed E-state index contributed by atoms with van der Waals surface area (Å²) >= 11 is 1.37. The molecule has 0 aliphatic heterocycles. The number of aromatic nitrogens is 1. The van der Waals surface area contributed by atoms with E-state index in [1.165, 1.54) is 11.3 Å². The lowest BCUT2D eigenvalue weighted by molar-refractivity contribution is -0.167. The maximum absolute atomic E-state index is 12.6. The molecule has 6 heteroatoms. The first kappa shape index (κ1) is 10.9. The molecule has 1 aliphatic rings. The van der Waals surface area contributed by atoms with E-state index in [0.29, 0.717) is 5.01 Å². The van der Waals surface area contributed by atoms with Gasteiger partial charge in [-0.25, -0.2) is 4.98 Å². The standard InChI is InChI=1S/C9H11F3N2S/c1-6(7-13-4-5-15-7)14-8(2-3-8)9(10,11)12/h4-6,14H,2-3H2,1H3. The molecule has 1 aliphatic carbocycles. The number of alkyl halides is 3. The minimum absolute atomic E-state index is 0.173. The van der Waals surface area contributed by atoms with Gasteiger partial charge < -0.3 is 0 Å². The van der Waals surface area contributed by atoms with Crippen molar-refractivity contribution in [2.24, 2.45) is 0 Å². The molecule has 1 saturated carbocycles. The fourth-order valence-corrected chi connectivity index (χ4v) is 2.21. The number of halogens is 3. The highest BCUT2D eigenvalue weighted by atomic mass is 32.1. The van der Waals surface area contributed by atoms with Crippen molar-refractivity contribution in [2.75, 3.05) is 0 Å². The molecular formula is C9H11F3N2S. The van der Waals surface area contributed by atoms with Crippen molar-refractivity contribution in [1.82, 2.24) is 10.3 Å². The van der Waals surface area contributed by atoms with Crippen LogP contribution in [0.3, 0.4) is 0 Å². The lowest BCUT2D eigenvalue weighted by Crippen LogP contribution is -2.45. The van der Waals surface area contributed by atoms with Gasteiger partial charge in [-0.15, -0.1) is 11.3 Å². The lowest BCUT2D eigenvalue weighted by Gasteiger charge is -2.24. The molecule has 0 saturated heterocycles. The normalized spacial score (nSPS) is 21.3. The minimum Gasteiger partial charge on any atom is -0.295 e. The van der Waals surface area contributed by atoms with E-state index in [9.17, 15) is 13.2 Å². The van der Waals surface area contributed by atoms with E-state index in [0.717, 1.165) is 0 Å². The molecule has 15 heavy (non-hydrogen) atoms. The molecule has 2 rings (SSSR count). The van der Waals surface area contributed by atoms with Gasteiger partial charge in [-0.3, -0.25) is 5.32 Å². The predicted molar refractivity (Wildman–Crippen MR) is 51.7 cm³/mol. The summed E-state index contributed by atoms with van der Waals surface area (Å²) in [7, 11) is 0. The summed E-state index contributed by atoms with van der Waals surface area (Å²) in [6.07, 6.45) is -2.21. The summed E-state index contributed by atoms with van der Waals surface area (Å²) in [6.45, 7) is 1.71. The van der Waals surface area contributed by atoms with Gasteiger partial charge in [0.1, 0.15) is 10.5 Å². The van der Waals surface area contributed by atoms with Crippen LogP contribution in [0.2, 0.25) is 0 Å². The van der Waals surface area contributed by atoms with Crippen LogP contribution in [-0.2, 0) is 0 Å². The van der Waals surface area contributed by atoms with E-state index in [-0.39, 0.29) is 18.9 Å². The third-order valence-electron chi connectivity index (χ3n) is 2.61. The summed E-state index contributed by atoms with van der Waals surface area (Å²) < 4.78 is 37.9. The molecule has 1 aromatic rings. The molecule has 0 aromatic carbocycles. The molecule has 1 atom stereocenters. The van der Waals surface area contributed by atoms with Crippen LogP contribution in [0.5, 0.6) is 0 Å². The minimum atomic E-state index is -4.15. The summed E-state index contributed by atoms with van der Waals surface area (Å²) in [6, 6.07) is -0.339. The van der Waals surface area contributed by atoms with Crippen molar-refractivity contribution >= 4 is 11.3 Å². The van der Waals surface area contributed by atoms with Gasteiger partial charge in [-0.05, 0) is 19.8 Å². The Kier molecular flexibility index (Phi) is 2.50. The highest BCUT2D eigenvalue weighted by Gasteiger charge is 2.63. The van der Waals surface area contributed by atoms with E-state index >= 15 is 0 Å². The Morgan fingerprint density at radius 1 is 1.53 bits per heavy atom. The molecule has 0 bridgehead atoms. The van der Waals surface area contributed by atoms with Gasteiger partial charge in [0.2, 0.25) is 0 Å². The van der Waals surface area contributed by atoms with Crippen LogP contribution in [0.15, 0.2) is 11.6 Å². The quantitative estimate of drug-likeness (QED) is 0.872. The predicted octanol–water partition coefficient (Wildman–Crippen LogP) is 2.89. The first-order chi connectivity index (χ1) is 6.95. The molecule has 0 spiro atoms. The Hall–Kier alpha value is -0.620. The summed E-state index contributed by atoms with van der Waals surface area (Å²) in [4.78, 5) is 4.00. The second-order valence-corrected chi connectivity index (χ2v) is 4.74. The Morgan fingerprint density at radius 3 is 2.60 bits per heavy atom. The van der Waals surface area contributed by atoms with E-state index in [1.54, 1.807) is 18.5 Å². The number of nitrogens with zero attached hydrogens (tertiary/aromatic N) is 1. The maximum Gasteiger partial charge on any atom is 0.406 e. The highest BCUT2D eigenvalue weighted by molar-refractivity contribution is 7.09. The van der Waals surface area contributed by atoms with Gasteiger partial charge in [0.05, 0.1) is 6.04 Å². The van der Waals surface area contributed by atoms with E-state index < -0.39 is 11.7 Å². The van der Waals surface area contributed by atoms with E-state index in [2.05, 4.69) is 10.3 Å². The molecule has 1 heterocycles. The monoisotopic (exact) mass is 236 g/mol. The van der Waals surface area contributed by atoms with Crippen LogP contribution in [0.25, 0.3) is 0 Å². The van der Waals surface area contributed by atoms with Crippen LogP contribution in [-0.4, -0.2) is 16.7 Å². The largest absolute Gasteiger partial charge is 0.406 e. The molecule has 1 N–H and O–H groups in total. The Balaban J connectivity index is 2.04. The maximum atomic E-state index is 12.6. The molecular weight excluding hydrogens is 225 g/mol. The van der Waals surface area contributed by atoms with Gasteiger partial charge in [0, 0.05) is 11.6 Å². The summed E-state index contributed by atoms with van der Waals surface area (Å²) in [5.41, 5.74) is -1.65. The smallest absolute Gasteiger partial charge is 0.295 e. The number of thiazole rings is 1. The van der Waals surface area contributed by atoms with Gasteiger partial charge in [-0.1, -0.05) is 0 Å².